The highest BCUT2D eigenvalue weighted by Crippen LogP contribution is 2.58. The number of hydrogen-bond acceptors (Lipinski definition) is 3. The fourth-order valence-corrected chi connectivity index (χ4v) is 5.00. The van der Waals surface area contributed by atoms with Gasteiger partial charge in [-0.15, -0.1) is 0 Å². The molecule has 1 saturated heterocycles. The maximum atomic E-state index is 13.2. The van der Waals surface area contributed by atoms with Gasteiger partial charge in [-0.1, -0.05) is 41.5 Å². The third-order valence-electron chi connectivity index (χ3n) is 6.64. The lowest BCUT2D eigenvalue weighted by Crippen LogP contribution is -2.35. The van der Waals surface area contributed by atoms with Gasteiger partial charge in [0, 0.05) is 5.92 Å². The smallest absolute Gasteiger partial charge is 0.224 e. The number of methoxy groups -OCH3 is 1. The minimum atomic E-state index is -0.0573. The molecule has 0 radical (unpaired) electrons. The van der Waals surface area contributed by atoms with Crippen LogP contribution in [0.1, 0.15) is 47.6 Å². The average Bonchev–Trinajstić information content (AvgIpc) is 3.40. The molecule has 1 amide bonds. The van der Waals surface area contributed by atoms with E-state index in [1.54, 1.807) is 7.11 Å². The largest absolute Gasteiger partial charge is 0.497 e. The second-order valence-corrected chi connectivity index (χ2v) is 8.91. The number of nitrogens with one attached hydrogen (secondary N) is 2. The van der Waals surface area contributed by atoms with Gasteiger partial charge in [-0.05, 0) is 81.3 Å². The van der Waals surface area contributed by atoms with Crippen LogP contribution in [0.5, 0.6) is 5.75 Å². The summed E-state index contributed by atoms with van der Waals surface area (Å²) >= 11 is 0. The number of piperidine rings is 1. The van der Waals surface area contributed by atoms with E-state index in [0.717, 1.165) is 50.1 Å². The molecule has 4 heteroatoms. The molecular weight excluding hydrogens is 360 g/mol. The van der Waals surface area contributed by atoms with Crippen molar-refractivity contribution in [2.45, 2.75) is 45.6 Å². The summed E-state index contributed by atoms with van der Waals surface area (Å²) in [4.78, 5) is 13.2. The van der Waals surface area contributed by atoms with Gasteiger partial charge in [0.2, 0.25) is 5.91 Å². The number of hydrogen-bond donors (Lipinski definition) is 2. The Bertz CT molecular complexity index is 866. The summed E-state index contributed by atoms with van der Waals surface area (Å²) in [5.74, 6) is 1.20. The summed E-state index contributed by atoms with van der Waals surface area (Å²) in [5.41, 5.74) is 5.10. The number of benzene rings is 2. The van der Waals surface area contributed by atoms with Gasteiger partial charge in [-0.3, -0.25) is 4.79 Å². The zero-order valence-electron chi connectivity index (χ0n) is 17.8. The Morgan fingerprint density at radius 2 is 1.90 bits per heavy atom. The van der Waals surface area contributed by atoms with E-state index in [1.807, 2.05) is 18.2 Å². The Labute approximate surface area is 174 Å². The quantitative estimate of drug-likeness (QED) is 0.778. The molecule has 154 valence electrons. The van der Waals surface area contributed by atoms with Crippen LogP contribution in [-0.2, 0) is 11.2 Å². The van der Waals surface area contributed by atoms with E-state index in [2.05, 4.69) is 48.7 Å². The molecule has 4 rings (SSSR count). The number of carbonyl (C=O) groups excluding carboxylic acids is 1. The Hall–Kier alpha value is -2.33. The van der Waals surface area contributed by atoms with Gasteiger partial charge < -0.3 is 15.4 Å². The molecule has 0 bridgehead atoms. The fourth-order valence-electron chi connectivity index (χ4n) is 5.00. The van der Waals surface area contributed by atoms with E-state index in [4.69, 9.17) is 4.74 Å². The molecule has 1 heterocycles. The Kier molecular flexibility index (Phi) is 5.64. The van der Waals surface area contributed by atoms with Crippen molar-refractivity contribution in [3.05, 3.63) is 64.7 Å². The van der Waals surface area contributed by atoms with Crippen LogP contribution in [0.15, 0.2) is 42.5 Å². The standard InChI is InChI=1S/C25H32N2O2/c1-17-11-18(2)13-19(12-17)14-23(20-5-4-6-21(15-20)29-3)27-24(28)22-16-25(22)7-9-26-10-8-25/h4-6,11-13,15,22-23,26H,7-10,14,16H2,1-3H3,(H,27,28). The Balaban J connectivity index is 1.55. The highest BCUT2D eigenvalue weighted by molar-refractivity contribution is 5.83. The molecular formula is C25H32N2O2. The summed E-state index contributed by atoms with van der Waals surface area (Å²) in [7, 11) is 1.68. The molecule has 2 aromatic rings. The van der Waals surface area contributed by atoms with Crippen LogP contribution >= 0.6 is 0 Å². The third-order valence-corrected chi connectivity index (χ3v) is 6.64. The van der Waals surface area contributed by atoms with Crippen LogP contribution in [0, 0.1) is 25.2 Å². The molecule has 0 aromatic heterocycles. The molecule has 2 atom stereocenters. The minimum Gasteiger partial charge on any atom is -0.497 e. The molecule has 2 aromatic carbocycles. The molecule has 1 spiro atoms. The average molecular weight is 393 g/mol. The van der Waals surface area contributed by atoms with Crippen LogP contribution in [0.25, 0.3) is 0 Å². The molecule has 29 heavy (non-hydrogen) atoms. The molecule has 2 N–H and O–H groups in total. The van der Waals surface area contributed by atoms with Crippen molar-refractivity contribution in [2.75, 3.05) is 20.2 Å². The molecule has 2 unspecified atom stereocenters. The van der Waals surface area contributed by atoms with Gasteiger partial charge in [0.15, 0.2) is 0 Å². The highest BCUT2D eigenvalue weighted by atomic mass is 16.5. The normalized spacial score (nSPS) is 20.9. The lowest BCUT2D eigenvalue weighted by atomic mass is 9.91. The van der Waals surface area contributed by atoms with Crippen LogP contribution in [0.2, 0.25) is 0 Å². The summed E-state index contributed by atoms with van der Waals surface area (Å²) in [6, 6.07) is 14.6. The van der Waals surface area contributed by atoms with Crippen molar-refractivity contribution in [3.63, 3.8) is 0 Å². The van der Waals surface area contributed by atoms with Crippen molar-refractivity contribution in [1.29, 1.82) is 0 Å². The van der Waals surface area contributed by atoms with Crippen LogP contribution in [0.3, 0.4) is 0 Å². The topological polar surface area (TPSA) is 50.4 Å². The zero-order chi connectivity index (χ0) is 20.4. The Morgan fingerprint density at radius 3 is 2.59 bits per heavy atom. The maximum Gasteiger partial charge on any atom is 0.224 e. The van der Waals surface area contributed by atoms with Crippen molar-refractivity contribution in [3.8, 4) is 5.75 Å². The number of carbonyl (C=O) groups is 1. The van der Waals surface area contributed by atoms with Crippen LogP contribution in [-0.4, -0.2) is 26.1 Å². The molecule has 1 aliphatic carbocycles. The second kappa shape index (κ2) is 8.19. The molecule has 4 nitrogen and oxygen atoms in total. The van der Waals surface area contributed by atoms with Crippen LogP contribution in [0.4, 0.5) is 0 Å². The summed E-state index contributed by atoms with van der Waals surface area (Å²) < 4.78 is 5.43. The van der Waals surface area contributed by atoms with Gasteiger partial charge >= 0.3 is 0 Å². The number of amides is 1. The van der Waals surface area contributed by atoms with Gasteiger partial charge in [-0.25, -0.2) is 0 Å². The number of rotatable bonds is 6. The van der Waals surface area contributed by atoms with E-state index in [9.17, 15) is 4.79 Å². The molecule has 1 aliphatic heterocycles. The minimum absolute atomic E-state index is 0.0573. The summed E-state index contributed by atoms with van der Waals surface area (Å²) in [6.07, 6.45) is 4.05. The SMILES string of the molecule is COc1cccc(C(Cc2cc(C)cc(C)c2)NC(=O)C2CC23CCNCC3)c1. The first-order chi connectivity index (χ1) is 14.0. The molecule has 1 saturated carbocycles. The lowest BCUT2D eigenvalue weighted by molar-refractivity contribution is -0.124. The van der Waals surface area contributed by atoms with Crippen molar-refractivity contribution < 1.29 is 9.53 Å². The number of aryl methyl sites for hydroxylation is 2. The van der Waals surface area contributed by atoms with Crippen LogP contribution < -0.4 is 15.4 Å². The maximum absolute atomic E-state index is 13.2. The first kappa shape index (κ1) is 20.0. The second-order valence-electron chi connectivity index (χ2n) is 8.91. The zero-order valence-corrected chi connectivity index (χ0v) is 17.8. The van der Waals surface area contributed by atoms with Gasteiger partial charge in [0.1, 0.15) is 5.75 Å². The highest BCUT2D eigenvalue weighted by Gasteiger charge is 2.57. The predicted molar refractivity (Wildman–Crippen MR) is 116 cm³/mol. The third kappa shape index (κ3) is 4.48. The summed E-state index contributed by atoms with van der Waals surface area (Å²) in [6.45, 7) is 6.32. The van der Waals surface area contributed by atoms with E-state index >= 15 is 0 Å². The van der Waals surface area contributed by atoms with Gasteiger partial charge in [0.05, 0.1) is 13.2 Å². The van der Waals surface area contributed by atoms with Crippen molar-refractivity contribution in [1.82, 2.24) is 10.6 Å². The predicted octanol–water partition coefficient (Wildman–Crippen LogP) is 4.10. The van der Waals surface area contributed by atoms with E-state index < -0.39 is 0 Å². The molecule has 2 aliphatic rings. The van der Waals surface area contributed by atoms with E-state index in [-0.39, 0.29) is 23.3 Å². The number of ether oxygens (including phenoxy) is 1. The first-order valence-electron chi connectivity index (χ1n) is 10.7. The molecule has 2 fully saturated rings. The monoisotopic (exact) mass is 392 g/mol. The van der Waals surface area contributed by atoms with Crippen molar-refractivity contribution >= 4 is 5.91 Å². The fraction of sp³-hybridized carbons (Fsp3) is 0.480. The lowest BCUT2D eigenvalue weighted by Gasteiger charge is -2.25. The first-order valence-corrected chi connectivity index (χ1v) is 10.7. The van der Waals surface area contributed by atoms with E-state index in [0.29, 0.717) is 0 Å². The van der Waals surface area contributed by atoms with Crippen molar-refractivity contribution in [2.24, 2.45) is 11.3 Å². The Morgan fingerprint density at radius 1 is 1.17 bits per heavy atom. The van der Waals surface area contributed by atoms with Gasteiger partial charge in [0.25, 0.3) is 0 Å². The van der Waals surface area contributed by atoms with E-state index in [1.165, 1.54) is 16.7 Å². The summed E-state index contributed by atoms with van der Waals surface area (Å²) in [5, 5.41) is 6.81. The van der Waals surface area contributed by atoms with Gasteiger partial charge in [-0.2, -0.15) is 0 Å².